The third-order valence-corrected chi connectivity index (χ3v) is 5.46. The largest absolute Gasteiger partial charge is 0.351 e. The molecule has 0 saturated heterocycles. The lowest BCUT2D eigenvalue weighted by molar-refractivity contribution is 0.221. The molecule has 1 fully saturated rings. The van der Waals surface area contributed by atoms with Crippen LogP contribution in [0.4, 0.5) is 17.5 Å². The molecule has 7 nitrogen and oxygen atoms in total. The van der Waals surface area contributed by atoms with Gasteiger partial charge in [-0.2, -0.15) is 0 Å². The van der Waals surface area contributed by atoms with Crippen LogP contribution in [0.5, 0.6) is 0 Å². The Bertz CT molecular complexity index is 954. The van der Waals surface area contributed by atoms with Crippen molar-refractivity contribution in [1.29, 1.82) is 0 Å². The van der Waals surface area contributed by atoms with Gasteiger partial charge in [0.2, 0.25) is 5.95 Å². The number of anilines is 3. The molecule has 0 amide bonds. The molecule has 2 heterocycles. The van der Waals surface area contributed by atoms with Gasteiger partial charge in [-0.05, 0) is 58.0 Å². The Kier molecular flexibility index (Phi) is 5.54. The molecule has 4 rings (SSSR count). The number of aromatic nitrogens is 4. The van der Waals surface area contributed by atoms with E-state index in [2.05, 4.69) is 49.6 Å². The van der Waals surface area contributed by atoms with Crippen LogP contribution in [0.3, 0.4) is 0 Å². The fraction of sp³-hybridized carbons (Fsp3) is 0.400. The highest BCUT2D eigenvalue weighted by molar-refractivity contribution is 6.30. The van der Waals surface area contributed by atoms with E-state index in [1.54, 1.807) is 6.20 Å². The minimum atomic E-state index is 0.391. The Balaban J connectivity index is 1.53. The quantitative estimate of drug-likeness (QED) is 0.670. The van der Waals surface area contributed by atoms with Gasteiger partial charge >= 0.3 is 0 Å². The molecule has 1 saturated carbocycles. The summed E-state index contributed by atoms with van der Waals surface area (Å²) in [5.74, 6) is 1.25. The number of fused-ring (bicyclic) bond motifs is 1. The highest BCUT2D eigenvalue weighted by atomic mass is 35.5. The van der Waals surface area contributed by atoms with Crippen molar-refractivity contribution in [2.75, 3.05) is 24.7 Å². The van der Waals surface area contributed by atoms with Crippen molar-refractivity contribution in [3.8, 4) is 0 Å². The van der Waals surface area contributed by atoms with E-state index in [-0.39, 0.29) is 0 Å². The fourth-order valence-electron chi connectivity index (χ4n) is 3.64. The Labute approximate surface area is 169 Å². The first kappa shape index (κ1) is 18.8. The zero-order chi connectivity index (χ0) is 19.5. The van der Waals surface area contributed by atoms with Gasteiger partial charge < -0.3 is 15.5 Å². The van der Waals surface area contributed by atoms with Gasteiger partial charge in [0, 0.05) is 22.8 Å². The minimum Gasteiger partial charge on any atom is -0.351 e. The molecule has 2 aromatic heterocycles. The van der Waals surface area contributed by atoms with Crippen molar-refractivity contribution in [2.24, 2.45) is 0 Å². The second-order valence-corrected chi connectivity index (χ2v) is 7.83. The van der Waals surface area contributed by atoms with E-state index in [0.717, 1.165) is 18.5 Å². The van der Waals surface area contributed by atoms with Gasteiger partial charge in [0.25, 0.3) is 0 Å². The van der Waals surface area contributed by atoms with Gasteiger partial charge in [0.05, 0.1) is 6.20 Å². The summed E-state index contributed by atoms with van der Waals surface area (Å²) in [7, 11) is 4.30. The molecule has 0 aliphatic heterocycles. The Morgan fingerprint density at radius 2 is 1.89 bits per heavy atom. The molecule has 28 heavy (non-hydrogen) atoms. The molecule has 0 spiro atoms. The summed E-state index contributed by atoms with van der Waals surface area (Å²) in [6.45, 7) is 0. The SMILES string of the molecule is CN(C)C1CCC(Nc2ncc3ncnc(Nc4cccc(Cl)c4)c3n2)CC1. The van der Waals surface area contributed by atoms with E-state index in [0.29, 0.717) is 39.9 Å². The third kappa shape index (κ3) is 4.31. The van der Waals surface area contributed by atoms with Crippen LogP contribution in [0.25, 0.3) is 11.0 Å². The Morgan fingerprint density at radius 3 is 2.64 bits per heavy atom. The lowest BCUT2D eigenvalue weighted by atomic mass is 9.91. The average molecular weight is 398 g/mol. The number of nitrogens with zero attached hydrogens (tertiary/aromatic N) is 5. The van der Waals surface area contributed by atoms with Crippen LogP contribution in [0.15, 0.2) is 36.8 Å². The van der Waals surface area contributed by atoms with Crippen molar-refractivity contribution in [3.63, 3.8) is 0 Å². The summed E-state index contributed by atoms with van der Waals surface area (Å²) in [6.07, 6.45) is 7.84. The smallest absolute Gasteiger partial charge is 0.223 e. The zero-order valence-electron chi connectivity index (χ0n) is 16.1. The molecule has 8 heteroatoms. The average Bonchev–Trinajstić information content (AvgIpc) is 2.69. The van der Waals surface area contributed by atoms with Gasteiger partial charge in [-0.3, -0.25) is 0 Å². The van der Waals surface area contributed by atoms with Crippen molar-refractivity contribution in [3.05, 3.63) is 41.8 Å². The molecule has 0 atom stereocenters. The predicted octanol–water partition coefficient (Wildman–Crippen LogP) is 4.10. The normalized spacial score (nSPS) is 19.7. The van der Waals surface area contributed by atoms with Gasteiger partial charge in [-0.25, -0.2) is 19.9 Å². The summed E-state index contributed by atoms with van der Waals surface area (Å²) in [5.41, 5.74) is 2.23. The standard InChI is InChI=1S/C20H24ClN7/c1-28(2)16-8-6-14(7-9-16)26-20-22-11-17-18(27-20)19(24-12-23-17)25-15-5-3-4-13(21)10-15/h3-5,10-12,14,16H,6-9H2,1-2H3,(H,22,26,27)(H,23,24,25). The van der Waals surface area contributed by atoms with Crippen LogP contribution in [-0.2, 0) is 0 Å². The summed E-state index contributed by atoms with van der Waals surface area (Å²) in [4.78, 5) is 20.1. The molecule has 146 valence electrons. The van der Waals surface area contributed by atoms with Crippen LogP contribution < -0.4 is 10.6 Å². The van der Waals surface area contributed by atoms with E-state index >= 15 is 0 Å². The second kappa shape index (κ2) is 8.24. The first-order valence-corrected chi connectivity index (χ1v) is 9.89. The second-order valence-electron chi connectivity index (χ2n) is 7.40. The molecule has 0 unspecified atom stereocenters. The van der Waals surface area contributed by atoms with Crippen LogP contribution in [0.1, 0.15) is 25.7 Å². The van der Waals surface area contributed by atoms with Crippen molar-refractivity contribution in [2.45, 2.75) is 37.8 Å². The van der Waals surface area contributed by atoms with Crippen LogP contribution >= 0.6 is 11.6 Å². The number of halogens is 1. The minimum absolute atomic E-state index is 0.391. The maximum absolute atomic E-state index is 6.08. The topological polar surface area (TPSA) is 78.9 Å². The lowest BCUT2D eigenvalue weighted by Gasteiger charge is -2.32. The highest BCUT2D eigenvalue weighted by Gasteiger charge is 2.23. The molecule has 3 aromatic rings. The van der Waals surface area contributed by atoms with Crippen LogP contribution in [0, 0.1) is 0 Å². The Morgan fingerprint density at radius 1 is 1.07 bits per heavy atom. The number of hydrogen-bond acceptors (Lipinski definition) is 7. The summed E-state index contributed by atoms with van der Waals surface area (Å²) < 4.78 is 0. The van der Waals surface area contributed by atoms with E-state index < -0.39 is 0 Å². The highest BCUT2D eigenvalue weighted by Crippen LogP contribution is 2.26. The lowest BCUT2D eigenvalue weighted by Crippen LogP contribution is -2.36. The molecule has 0 bridgehead atoms. The Hall–Kier alpha value is -2.51. The number of rotatable bonds is 5. The third-order valence-electron chi connectivity index (χ3n) is 5.22. The number of nitrogens with one attached hydrogen (secondary N) is 2. The van der Waals surface area contributed by atoms with Gasteiger partial charge in [-0.1, -0.05) is 17.7 Å². The molecule has 1 aliphatic carbocycles. The van der Waals surface area contributed by atoms with Crippen LogP contribution in [0.2, 0.25) is 5.02 Å². The van der Waals surface area contributed by atoms with E-state index in [1.165, 1.54) is 19.2 Å². The summed E-state index contributed by atoms with van der Waals surface area (Å²) in [5, 5.41) is 7.43. The maximum atomic E-state index is 6.08. The van der Waals surface area contributed by atoms with Crippen molar-refractivity contribution >= 4 is 40.1 Å². The number of benzene rings is 1. The van der Waals surface area contributed by atoms with E-state index in [9.17, 15) is 0 Å². The first-order valence-electron chi connectivity index (χ1n) is 9.52. The van der Waals surface area contributed by atoms with Crippen molar-refractivity contribution in [1.82, 2.24) is 24.8 Å². The molecule has 1 aliphatic rings. The van der Waals surface area contributed by atoms with Crippen LogP contribution in [-0.4, -0.2) is 51.0 Å². The van der Waals surface area contributed by atoms with Gasteiger partial charge in [0.15, 0.2) is 5.82 Å². The molecule has 1 aromatic carbocycles. The maximum Gasteiger partial charge on any atom is 0.223 e. The summed E-state index contributed by atoms with van der Waals surface area (Å²) >= 11 is 6.08. The number of hydrogen-bond donors (Lipinski definition) is 2. The van der Waals surface area contributed by atoms with Gasteiger partial charge in [0.1, 0.15) is 17.4 Å². The molecular formula is C20H24ClN7. The molecule has 0 radical (unpaired) electrons. The predicted molar refractivity (Wildman–Crippen MR) is 113 cm³/mol. The first-order chi connectivity index (χ1) is 13.6. The summed E-state index contributed by atoms with van der Waals surface area (Å²) in [6, 6.07) is 8.56. The van der Waals surface area contributed by atoms with Crippen molar-refractivity contribution < 1.29 is 0 Å². The van der Waals surface area contributed by atoms with Gasteiger partial charge in [-0.15, -0.1) is 0 Å². The molecule has 2 N–H and O–H groups in total. The monoisotopic (exact) mass is 397 g/mol. The fourth-order valence-corrected chi connectivity index (χ4v) is 3.83. The molecular weight excluding hydrogens is 374 g/mol. The van der Waals surface area contributed by atoms with E-state index in [1.807, 2.05) is 24.3 Å². The zero-order valence-corrected chi connectivity index (χ0v) is 16.8. The van der Waals surface area contributed by atoms with E-state index in [4.69, 9.17) is 11.6 Å².